The topological polar surface area (TPSA) is 67.6 Å². The molecular formula is C13H15FN4. The number of hydrogen-bond acceptors (Lipinski definition) is 3. The summed E-state index contributed by atoms with van der Waals surface area (Å²) in [5.41, 5.74) is 6.37. The number of nitrogens with two attached hydrogens (primary N) is 1. The standard InChI is InChI=1S/C13H15FN4/c14-10-7-3-6-9(11(10)15)13-16-12(17-18-13)8-4-1-2-5-8/h3,6-8H,1-2,4-5,15H2,(H,16,17,18). The first kappa shape index (κ1) is 11.2. The van der Waals surface area contributed by atoms with Crippen LogP contribution in [0, 0.1) is 5.82 Å². The van der Waals surface area contributed by atoms with E-state index in [1.807, 2.05) is 0 Å². The van der Waals surface area contributed by atoms with Gasteiger partial charge in [0.05, 0.1) is 5.69 Å². The Morgan fingerprint density at radius 2 is 2.06 bits per heavy atom. The average Bonchev–Trinajstić information content (AvgIpc) is 3.01. The summed E-state index contributed by atoms with van der Waals surface area (Å²) in [7, 11) is 0. The molecule has 0 saturated heterocycles. The Kier molecular flexibility index (Phi) is 2.74. The number of nitrogens with zero attached hydrogens (tertiary/aromatic N) is 2. The Labute approximate surface area is 104 Å². The molecule has 1 aliphatic carbocycles. The van der Waals surface area contributed by atoms with Crippen molar-refractivity contribution in [1.82, 2.24) is 15.2 Å². The molecule has 0 radical (unpaired) electrons. The van der Waals surface area contributed by atoms with Crippen molar-refractivity contribution in [2.45, 2.75) is 31.6 Å². The lowest BCUT2D eigenvalue weighted by Gasteiger charge is -2.03. The quantitative estimate of drug-likeness (QED) is 0.800. The zero-order valence-electron chi connectivity index (χ0n) is 9.99. The smallest absolute Gasteiger partial charge is 0.183 e. The molecule has 4 nitrogen and oxygen atoms in total. The summed E-state index contributed by atoms with van der Waals surface area (Å²) in [4.78, 5) is 4.45. The first-order valence-electron chi connectivity index (χ1n) is 6.22. The predicted octanol–water partition coefficient (Wildman–Crippen LogP) is 2.85. The van der Waals surface area contributed by atoms with Crippen LogP contribution in [0.4, 0.5) is 10.1 Å². The van der Waals surface area contributed by atoms with Crippen LogP contribution in [-0.4, -0.2) is 15.2 Å². The van der Waals surface area contributed by atoms with Crippen LogP contribution in [0.2, 0.25) is 0 Å². The fourth-order valence-corrected chi connectivity index (χ4v) is 2.51. The Morgan fingerprint density at radius 1 is 1.28 bits per heavy atom. The van der Waals surface area contributed by atoms with Gasteiger partial charge in [-0.05, 0) is 25.0 Å². The lowest BCUT2D eigenvalue weighted by atomic mass is 10.1. The highest BCUT2D eigenvalue weighted by atomic mass is 19.1. The number of aromatic amines is 1. The maximum absolute atomic E-state index is 13.4. The summed E-state index contributed by atoms with van der Waals surface area (Å²) in [5, 5.41) is 7.10. The first-order chi connectivity index (χ1) is 8.75. The van der Waals surface area contributed by atoms with Gasteiger partial charge in [-0.25, -0.2) is 9.37 Å². The molecule has 0 bridgehead atoms. The van der Waals surface area contributed by atoms with Crippen LogP contribution >= 0.6 is 0 Å². The third kappa shape index (κ3) is 1.85. The van der Waals surface area contributed by atoms with Crippen LogP contribution in [0.1, 0.15) is 37.4 Å². The summed E-state index contributed by atoms with van der Waals surface area (Å²) in [6, 6.07) is 4.69. The maximum atomic E-state index is 13.4. The third-order valence-corrected chi connectivity index (χ3v) is 3.54. The number of para-hydroxylation sites is 1. The van der Waals surface area contributed by atoms with Crippen molar-refractivity contribution in [3.05, 3.63) is 29.8 Å². The summed E-state index contributed by atoms with van der Waals surface area (Å²) in [6.07, 6.45) is 4.77. The van der Waals surface area contributed by atoms with E-state index in [0.29, 0.717) is 17.3 Å². The van der Waals surface area contributed by atoms with Crippen LogP contribution in [0.25, 0.3) is 11.4 Å². The van der Waals surface area contributed by atoms with E-state index in [0.717, 1.165) is 18.7 Å². The van der Waals surface area contributed by atoms with Crippen molar-refractivity contribution in [2.75, 3.05) is 5.73 Å². The first-order valence-corrected chi connectivity index (χ1v) is 6.22. The SMILES string of the molecule is Nc1c(F)cccc1-c1n[nH]c(C2CCCC2)n1. The molecule has 1 aliphatic rings. The molecule has 3 rings (SSSR count). The normalized spacial score (nSPS) is 16.3. The third-order valence-electron chi connectivity index (χ3n) is 3.54. The largest absolute Gasteiger partial charge is 0.396 e. The number of rotatable bonds is 2. The minimum absolute atomic E-state index is 0.106. The highest BCUT2D eigenvalue weighted by Crippen LogP contribution is 2.33. The average molecular weight is 246 g/mol. The second-order valence-electron chi connectivity index (χ2n) is 4.73. The monoisotopic (exact) mass is 246 g/mol. The zero-order valence-corrected chi connectivity index (χ0v) is 9.99. The molecule has 18 heavy (non-hydrogen) atoms. The molecule has 0 unspecified atom stereocenters. The summed E-state index contributed by atoms with van der Waals surface area (Å²) < 4.78 is 13.4. The molecule has 2 aromatic rings. The van der Waals surface area contributed by atoms with Gasteiger partial charge in [-0.1, -0.05) is 18.9 Å². The molecule has 0 aliphatic heterocycles. The summed E-state index contributed by atoms with van der Waals surface area (Å²) >= 11 is 0. The van der Waals surface area contributed by atoms with E-state index in [1.54, 1.807) is 12.1 Å². The van der Waals surface area contributed by atoms with Crippen LogP contribution < -0.4 is 5.73 Å². The van der Waals surface area contributed by atoms with Gasteiger partial charge < -0.3 is 5.73 Å². The number of halogens is 1. The molecule has 1 saturated carbocycles. The fourth-order valence-electron chi connectivity index (χ4n) is 2.51. The highest BCUT2D eigenvalue weighted by molar-refractivity contribution is 5.71. The number of benzene rings is 1. The van der Waals surface area contributed by atoms with Gasteiger partial charge in [0.25, 0.3) is 0 Å². The van der Waals surface area contributed by atoms with Gasteiger partial charge in [0.1, 0.15) is 11.6 Å². The maximum Gasteiger partial charge on any atom is 0.183 e. The molecule has 0 atom stereocenters. The van der Waals surface area contributed by atoms with E-state index >= 15 is 0 Å². The van der Waals surface area contributed by atoms with Crippen molar-refractivity contribution in [1.29, 1.82) is 0 Å². The van der Waals surface area contributed by atoms with Gasteiger partial charge >= 0.3 is 0 Å². The van der Waals surface area contributed by atoms with Crippen LogP contribution in [-0.2, 0) is 0 Å². The lowest BCUT2D eigenvalue weighted by molar-refractivity contribution is 0.633. The van der Waals surface area contributed by atoms with E-state index in [4.69, 9.17) is 5.73 Å². The van der Waals surface area contributed by atoms with Crippen LogP contribution in [0.3, 0.4) is 0 Å². The summed E-state index contributed by atoms with van der Waals surface area (Å²) in [5.74, 6) is 1.40. The molecule has 94 valence electrons. The van der Waals surface area contributed by atoms with E-state index in [2.05, 4.69) is 15.2 Å². The number of aromatic nitrogens is 3. The zero-order chi connectivity index (χ0) is 12.5. The number of anilines is 1. The summed E-state index contributed by atoms with van der Waals surface area (Å²) in [6.45, 7) is 0. The van der Waals surface area contributed by atoms with Crippen molar-refractivity contribution >= 4 is 5.69 Å². The molecule has 0 spiro atoms. The second-order valence-corrected chi connectivity index (χ2v) is 4.73. The molecule has 1 heterocycles. The minimum atomic E-state index is -0.431. The van der Waals surface area contributed by atoms with E-state index in [1.165, 1.54) is 18.9 Å². The Hall–Kier alpha value is -1.91. The van der Waals surface area contributed by atoms with Gasteiger partial charge in [-0.3, -0.25) is 5.10 Å². The number of nitrogen functional groups attached to an aromatic ring is 1. The van der Waals surface area contributed by atoms with Crippen molar-refractivity contribution in [2.24, 2.45) is 0 Å². The fraction of sp³-hybridized carbons (Fsp3) is 0.385. The Balaban J connectivity index is 1.95. The molecule has 5 heteroatoms. The lowest BCUT2D eigenvalue weighted by Crippen LogP contribution is -1.96. The molecule has 3 N–H and O–H groups in total. The predicted molar refractivity (Wildman–Crippen MR) is 67.4 cm³/mol. The Bertz CT molecular complexity index is 558. The van der Waals surface area contributed by atoms with Gasteiger partial charge in [-0.2, -0.15) is 5.10 Å². The van der Waals surface area contributed by atoms with Crippen LogP contribution in [0.5, 0.6) is 0 Å². The number of nitrogens with one attached hydrogen (secondary N) is 1. The van der Waals surface area contributed by atoms with Crippen molar-refractivity contribution < 1.29 is 4.39 Å². The van der Waals surface area contributed by atoms with Gasteiger partial charge in [-0.15, -0.1) is 0 Å². The number of hydrogen-bond donors (Lipinski definition) is 2. The van der Waals surface area contributed by atoms with Gasteiger partial charge in [0, 0.05) is 11.5 Å². The van der Waals surface area contributed by atoms with E-state index in [-0.39, 0.29) is 5.69 Å². The molecule has 1 aromatic heterocycles. The molecule has 1 aromatic carbocycles. The molecule has 0 amide bonds. The number of H-pyrrole nitrogens is 1. The molecular weight excluding hydrogens is 231 g/mol. The van der Waals surface area contributed by atoms with Crippen LogP contribution in [0.15, 0.2) is 18.2 Å². The van der Waals surface area contributed by atoms with Crippen molar-refractivity contribution in [3.8, 4) is 11.4 Å². The second kappa shape index (κ2) is 4.40. The van der Waals surface area contributed by atoms with E-state index in [9.17, 15) is 4.39 Å². The van der Waals surface area contributed by atoms with Crippen molar-refractivity contribution in [3.63, 3.8) is 0 Å². The van der Waals surface area contributed by atoms with Gasteiger partial charge in [0.2, 0.25) is 0 Å². The Morgan fingerprint density at radius 3 is 2.83 bits per heavy atom. The minimum Gasteiger partial charge on any atom is -0.396 e. The highest BCUT2D eigenvalue weighted by Gasteiger charge is 2.21. The van der Waals surface area contributed by atoms with E-state index < -0.39 is 5.82 Å². The molecule has 1 fully saturated rings. The van der Waals surface area contributed by atoms with Gasteiger partial charge in [0.15, 0.2) is 5.82 Å².